The van der Waals surface area contributed by atoms with Gasteiger partial charge < -0.3 is 38.3 Å². The van der Waals surface area contributed by atoms with E-state index < -0.39 is 12.1 Å². The van der Waals surface area contributed by atoms with Crippen LogP contribution in [0.4, 0.5) is 0 Å². The molecule has 0 saturated carbocycles. The largest absolute Gasteiger partial charge is 1.00 e. The Kier molecular flexibility index (Phi) is 8.27. The molecular weight excluding hydrogens is 309 g/mol. The van der Waals surface area contributed by atoms with Gasteiger partial charge in [-0.3, -0.25) is 0 Å². The number of quaternary nitrogens is 1. The van der Waals surface area contributed by atoms with Gasteiger partial charge in [-0.05, 0) is 6.92 Å². The SMILES string of the molecule is C=C(C)C(=O)OCC(O)C[N+](C)(C)C.[I-]. The van der Waals surface area contributed by atoms with E-state index in [0.717, 1.165) is 0 Å². The lowest BCUT2D eigenvalue weighted by Gasteiger charge is -2.26. The molecule has 0 amide bonds. The number of nitrogens with zero attached hydrogens (tertiary/aromatic N) is 1. The van der Waals surface area contributed by atoms with E-state index in [9.17, 15) is 9.90 Å². The molecule has 15 heavy (non-hydrogen) atoms. The fourth-order valence-electron chi connectivity index (χ4n) is 0.980. The first-order valence-corrected chi connectivity index (χ1v) is 4.53. The van der Waals surface area contributed by atoms with Gasteiger partial charge in [-0.1, -0.05) is 6.58 Å². The van der Waals surface area contributed by atoms with Crippen molar-refractivity contribution in [2.75, 3.05) is 34.3 Å². The number of carbonyl (C=O) groups is 1. The third-order valence-electron chi connectivity index (χ3n) is 1.51. The molecule has 1 N–H and O–H groups in total. The number of likely N-dealkylation sites (N-methyl/N-ethyl adjacent to an activating group) is 1. The zero-order chi connectivity index (χ0) is 11.4. The molecule has 0 bridgehead atoms. The molecule has 0 aromatic carbocycles. The smallest absolute Gasteiger partial charge is 0.333 e. The van der Waals surface area contributed by atoms with Crippen LogP contribution in [0.5, 0.6) is 0 Å². The van der Waals surface area contributed by atoms with Crippen LogP contribution in [-0.2, 0) is 9.53 Å². The molecule has 0 rings (SSSR count). The van der Waals surface area contributed by atoms with Gasteiger partial charge in [0.2, 0.25) is 0 Å². The number of rotatable bonds is 5. The van der Waals surface area contributed by atoms with E-state index in [1.807, 2.05) is 21.1 Å². The number of aliphatic hydroxyl groups is 1. The summed E-state index contributed by atoms with van der Waals surface area (Å²) < 4.78 is 5.44. The third kappa shape index (κ3) is 10.1. The highest BCUT2D eigenvalue weighted by molar-refractivity contribution is 5.86. The number of halogens is 1. The van der Waals surface area contributed by atoms with Gasteiger partial charge >= 0.3 is 5.97 Å². The summed E-state index contributed by atoms with van der Waals surface area (Å²) in [5.41, 5.74) is 0.349. The van der Waals surface area contributed by atoms with Gasteiger partial charge in [0, 0.05) is 5.57 Å². The molecule has 0 radical (unpaired) electrons. The zero-order valence-electron chi connectivity index (χ0n) is 9.79. The Morgan fingerprint density at radius 3 is 2.27 bits per heavy atom. The van der Waals surface area contributed by atoms with Crippen molar-refractivity contribution in [1.29, 1.82) is 0 Å². The molecule has 0 aromatic heterocycles. The van der Waals surface area contributed by atoms with E-state index >= 15 is 0 Å². The van der Waals surface area contributed by atoms with Crippen LogP contribution in [0.2, 0.25) is 0 Å². The Balaban J connectivity index is 0. The van der Waals surface area contributed by atoms with Gasteiger partial charge in [-0.25, -0.2) is 4.79 Å². The van der Waals surface area contributed by atoms with Crippen molar-refractivity contribution < 1.29 is 43.1 Å². The maximum atomic E-state index is 11.0. The third-order valence-corrected chi connectivity index (χ3v) is 1.51. The van der Waals surface area contributed by atoms with Crippen LogP contribution in [0.1, 0.15) is 6.92 Å². The lowest BCUT2D eigenvalue weighted by atomic mass is 10.3. The number of carbonyl (C=O) groups excluding carboxylic acids is 1. The van der Waals surface area contributed by atoms with Crippen LogP contribution in [0.3, 0.4) is 0 Å². The van der Waals surface area contributed by atoms with Crippen LogP contribution in [0.15, 0.2) is 12.2 Å². The van der Waals surface area contributed by atoms with Crippen molar-refractivity contribution in [3.05, 3.63) is 12.2 Å². The summed E-state index contributed by atoms with van der Waals surface area (Å²) in [6.45, 7) is 5.60. The molecule has 5 heteroatoms. The van der Waals surface area contributed by atoms with Crippen LogP contribution in [0.25, 0.3) is 0 Å². The first-order chi connectivity index (χ1) is 6.22. The lowest BCUT2D eigenvalue weighted by Crippen LogP contribution is -3.00. The van der Waals surface area contributed by atoms with Crippen molar-refractivity contribution in [1.82, 2.24) is 0 Å². The Bertz CT molecular complexity index is 223. The summed E-state index contributed by atoms with van der Waals surface area (Å²) in [5, 5.41) is 9.49. The minimum absolute atomic E-state index is 0. The van der Waals surface area contributed by atoms with Crippen LogP contribution in [-0.4, -0.2) is 56.0 Å². The van der Waals surface area contributed by atoms with E-state index in [1.54, 1.807) is 6.92 Å². The predicted molar refractivity (Wildman–Crippen MR) is 54.7 cm³/mol. The van der Waals surface area contributed by atoms with Crippen molar-refractivity contribution >= 4 is 5.97 Å². The van der Waals surface area contributed by atoms with Gasteiger partial charge in [0.25, 0.3) is 0 Å². The molecule has 0 aliphatic rings. The van der Waals surface area contributed by atoms with Gasteiger partial charge in [0.15, 0.2) is 0 Å². The van der Waals surface area contributed by atoms with Gasteiger partial charge in [-0.2, -0.15) is 0 Å². The summed E-state index contributed by atoms with van der Waals surface area (Å²) in [5.74, 6) is -0.453. The molecule has 0 heterocycles. The topological polar surface area (TPSA) is 46.5 Å². The molecule has 1 unspecified atom stereocenters. The summed E-state index contributed by atoms with van der Waals surface area (Å²) in [6, 6.07) is 0. The van der Waals surface area contributed by atoms with Crippen molar-refractivity contribution in [3.8, 4) is 0 Å². The average molecular weight is 329 g/mol. The normalized spacial score (nSPS) is 12.6. The fourth-order valence-corrected chi connectivity index (χ4v) is 0.980. The van der Waals surface area contributed by atoms with Gasteiger partial charge in [0.05, 0.1) is 21.1 Å². The second-order valence-electron chi connectivity index (χ2n) is 4.51. The number of hydrogen-bond acceptors (Lipinski definition) is 3. The Morgan fingerprint density at radius 2 is 1.93 bits per heavy atom. The van der Waals surface area contributed by atoms with E-state index in [4.69, 9.17) is 4.74 Å². The first kappa shape index (κ1) is 17.3. The van der Waals surface area contributed by atoms with Crippen LogP contribution >= 0.6 is 0 Å². The Morgan fingerprint density at radius 1 is 1.47 bits per heavy atom. The Labute approximate surface area is 109 Å². The first-order valence-electron chi connectivity index (χ1n) is 4.53. The molecule has 0 aliphatic heterocycles. The summed E-state index contributed by atoms with van der Waals surface area (Å²) in [7, 11) is 5.89. The number of aliphatic hydroxyl groups excluding tert-OH is 1. The number of ether oxygens (including phenoxy) is 1. The number of esters is 1. The van der Waals surface area contributed by atoms with E-state index in [-0.39, 0.29) is 30.6 Å². The van der Waals surface area contributed by atoms with E-state index in [2.05, 4.69) is 6.58 Å². The second kappa shape index (κ2) is 7.19. The van der Waals surface area contributed by atoms with Gasteiger partial charge in [0.1, 0.15) is 19.3 Å². The standard InChI is InChI=1S/C10H20NO3.HI/c1-8(2)10(13)14-7-9(12)6-11(3,4)5;/h9,12H,1,6-7H2,2-5H3;1H/q+1;/p-1. The van der Waals surface area contributed by atoms with Crippen molar-refractivity contribution in [2.45, 2.75) is 13.0 Å². The molecule has 4 nitrogen and oxygen atoms in total. The molecule has 0 aliphatic carbocycles. The highest BCUT2D eigenvalue weighted by Crippen LogP contribution is 1.98. The fraction of sp³-hybridized carbons (Fsp3) is 0.700. The Hall–Kier alpha value is -0.140. The minimum atomic E-state index is -0.627. The molecular formula is C10H20INO3. The van der Waals surface area contributed by atoms with Crippen molar-refractivity contribution in [3.63, 3.8) is 0 Å². The minimum Gasteiger partial charge on any atom is -1.00 e. The monoisotopic (exact) mass is 329 g/mol. The molecule has 0 fully saturated rings. The summed E-state index contributed by atoms with van der Waals surface area (Å²) in [6.07, 6.45) is -0.627. The predicted octanol–water partition coefficient (Wildman–Crippen LogP) is -2.82. The molecule has 0 aromatic rings. The highest BCUT2D eigenvalue weighted by Gasteiger charge is 2.17. The molecule has 90 valence electrons. The quantitative estimate of drug-likeness (QED) is 0.256. The van der Waals surface area contributed by atoms with Crippen LogP contribution in [0, 0.1) is 0 Å². The maximum Gasteiger partial charge on any atom is 0.333 e. The van der Waals surface area contributed by atoms with E-state index in [1.165, 1.54) is 0 Å². The lowest BCUT2D eigenvalue weighted by molar-refractivity contribution is -0.873. The van der Waals surface area contributed by atoms with Crippen LogP contribution < -0.4 is 24.0 Å². The average Bonchev–Trinajstić information content (AvgIpc) is 1.96. The highest BCUT2D eigenvalue weighted by atomic mass is 127. The second-order valence-corrected chi connectivity index (χ2v) is 4.51. The maximum absolute atomic E-state index is 11.0. The molecule has 1 atom stereocenters. The van der Waals surface area contributed by atoms with Crippen molar-refractivity contribution in [2.24, 2.45) is 0 Å². The van der Waals surface area contributed by atoms with Gasteiger partial charge in [-0.15, -0.1) is 0 Å². The summed E-state index contributed by atoms with van der Waals surface area (Å²) in [4.78, 5) is 11.0. The van der Waals surface area contributed by atoms with E-state index in [0.29, 0.717) is 16.6 Å². The molecule has 0 saturated heterocycles. The number of hydrogen-bond donors (Lipinski definition) is 1. The zero-order valence-corrected chi connectivity index (χ0v) is 11.9. The summed E-state index contributed by atoms with van der Waals surface area (Å²) >= 11 is 0. The molecule has 0 spiro atoms.